The van der Waals surface area contributed by atoms with Crippen LogP contribution in [0.5, 0.6) is 0 Å². The van der Waals surface area contributed by atoms with Crippen molar-refractivity contribution in [3.8, 4) is 0 Å². The second-order valence-electron chi connectivity index (χ2n) is 19.7. The number of alkyl carbamates (subject to hydrolysis) is 1. The van der Waals surface area contributed by atoms with E-state index in [2.05, 4.69) is 26.6 Å². The molecule has 1 heterocycles. The first kappa shape index (κ1) is 53.9. The molecule has 0 bridgehead atoms. The maximum atomic E-state index is 14.5. The van der Waals surface area contributed by atoms with E-state index in [-0.39, 0.29) is 19.3 Å². The van der Waals surface area contributed by atoms with E-state index in [1.54, 1.807) is 27.1 Å². The summed E-state index contributed by atoms with van der Waals surface area (Å²) in [6.07, 6.45) is 1.92. The molecule has 75 heavy (non-hydrogen) atoms. The van der Waals surface area contributed by atoms with Crippen LogP contribution in [0.1, 0.15) is 86.5 Å². The summed E-state index contributed by atoms with van der Waals surface area (Å²) in [7, 11) is 0. The van der Waals surface area contributed by atoms with Gasteiger partial charge in [0, 0.05) is 19.0 Å². The zero-order chi connectivity index (χ0) is 53.6. The van der Waals surface area contributed by atoms with Gasteiger partial charge in [0.15, 0.2) is 0 Å². The van der Waals surface area contributed by atoms with Gasteiger partial charge in [-0.2, -0.15) is 0 Å². The number of aliphatic carboxylic acids is 1. The zero-order valence-corrected chi connectivity index (χ0v) is 42.7. The molecule has 2 unspecified atom stereocenters. The van der Waals surface area contributed by atoms with E-state index in [4.69, 9.17) is 9.72 Å². The Morgan fingerprint density at radius 3 is 1.40 bits per heavy atom. The van der Waals surface area contributed by atoms with Gasteiger partial charge in [-0.1, -0.05) is 182 Å². The number of rotatable bonds is 21. The molecule has 15 nitrogen and oxygen atoms in total. The van der Waals surface area contributed by atoms with Gasteiger partial charge in [0.05, 0.1) is 12.0 Å². The van der Waals surface area contributed by atoms with Gasteiger partial charge in [-0.25, -0.2) is 9.78 Å². The Balaban J connectivity index is 1.14. The molecular weight excluding hydrogens is 947 g/mol. The number of carbonyl (C=O) groups excluding carboxylic acids is 5. The van der Waals surface area contributed by atoms with Crippen LogP contribution >= 0.6 is 0 Å². The van der Waals surface area contributed by atoms with Crippen LogP contribution in [0.25, 0.3) is 0 Å². The fourth-order valence-electron chi connectivity index (χ4n) is 9.18. The molecule has 0 aliphatic rings. The van der Waals surface area contributed by atoms with Crippen molar-refractivity contribution in [3.05, 3.63) is 234 Å². The van der Waals surface area contributed by atoms with E-state index in [0.717, 1.165) is 33.4 Å². The smallest absolute Gasteiger partial charge is 0.408 e. The quantitative estimate of drug-likeness (QED) is 0.0391. The molecule has 0 spiro atoms. The van der Waals surface area contributed by atoms with Crippen molar-refractivity contribution < 1.29 is 38.6 Å². The first-order chi connectivity index (χ1) is 35.9. The molecule has 0 fully saturated rings. The molecule has 7 aromatic rings. The molecule has 5 amide bonds. The number of carboxylic acids is 1. The van der Waals surface area contributed by atoms with Gasteiger partial charge < -0.3 is 41.0 Å². The van der Waals surface area contributed by atoms with Crippen molar-refractivity contribution in [2.75, 3.05) is 6.54 Å². The molecular formula is C60H63N7O8. The zero-order valence-electron chi connectivity index (χ0n) is 42.7. The first-order valence-electron chi connectivity index (χ1n) is 24.7. The average Bonchev–Trinajstić information content (AvgIpc) is 3.89. The maximum absolute atomic E-state index is 14.5. The fourth-order valence-corrected chi connectivity index (χ4v) is 9.18. The van der Waals surface area contributed by atoms with Crippen LogP contribution in [0.3, 0.4) is 0 Å². The molecule has 7 rings (SSSR count). The van der Waals surface area contributed by atoms with Gasteiger partial charge in [0.1, 0.15) is 40.8 Å². The van der Waals surface area contributed by atoms with Crippen LogP contribution in [0.4, 0.5) is 4.79 Å². The number of nitrogens with one attached hydrogen (secondary N) is 5. The Labute approximate surface area is 437 Å². The minimum atomic E-state index is -1.76. The number of nitrogens with zero attached hydrogens (tertiary/aromatic N) is 2. The average molecular weight is 1010 g/mol. The summed E-state index contributed by atoms with van der Waals surface area (Å²) in [6.45, 7) is 7.14. The van der Waals surface area contributed by atoms with E-state index in [0.29, 0.717) is 5.69 Å². The van der Waals surface area contributed by atoms with Gasteiger partial charge in [-0.15, -0.1) is 0 Å². The first-order valence-corrected chi connectivity index (χ1v) is 24.7. The number of imidazole rings is 1. The predicted molar refractivity (Wildman–Crippen MR) is 285 cm³/mol. The number of ether oxygens (including phenoxy) is 1. The summed E-state index contributed by atoms with van der Waals surface area (Å²) in [5.74, 6) is -4.27. The van der Waals surface area contributed by atoms with Gasteiger partial charge in [0.25, 0.3) is 0 Å². The molecule has 0 saturated heterocycles. The second kappa shape index (κ2) is 23.8. The van der Waals surface area contributed by atoms with E-state index >= 15 is 0 Å². The molecule has 0 aliphatic heterocycles. The van der Waals surface area contributed by atoms with Crippen LogP contribution in [-0.4, -0.2) is 80.1 Å². The summed E-state index contributed by atoms with van der Waals surface area (Å²) in [4.78, 5) is 86.7. The molecule has 2 atom stereocenters. The molecule has 0 aliphatic carbocycles. The number of hydrogen-bond donors (Lipinski definition) is 6. The molecule has 1 aromatic heterocycles. The van der Waals surface area contributed by atoms with Gasteiger partial charge >= 0.3 is 12.1 Å². The minimum absolute atomic E-state index is 0.143. The third kappa shape index (κ3) is 13.0. The Morgan fingerprint density at radius 2 is 0.987 bits per heavy atom. The third-order valence-electron chi connectivity index (χ3n) is 12.7. The Hall–Kier alpha value is -8.85. The largest absolute Gasteiger partial charge is 0.480 e. The van der Waals surface area contributed by atoms with Crippen LogP contribution in [0.2, 0.25) is 0 Å². The Kier molecular flexibility index (Phi) is 17.1. The number of benzene rings is 6. The predicted octanol–water partition coefficient (Wildman–Crippen LogP) is 7.63. The van der Waals surface area contributed by atoms with Crippen molar-refractivity contribution in [2.24, 2.45) is 0 Å². The van der Waals surface area contributed by atoms with Gasteiger partial charge in [-0.3, -0.25) is 24.0 Å². The molecule has 6 N–H and O–H groups in total. The third-order valence-corrected chi connectivity index (χ3v) is 12.7. The Bertz CT molecular complexity index is 2850. The van der Waals surface area contributed by atoms with Crippen LogP contribution < -0.4 is 26.6 Å². The van der Waals surface area contributed by atoms with Crippen molar-refractivity contribution >= 4 is 35.7 Å². The summed E-state index contributed by atoms with van der Waals surface area (Å²) in [5, 5.41) is 23.1. The minimum Gasteiger partial charge on any atom is -0.480 e. The SMILES string of the molecule is CC(C)(C)OC(=O)NC(Cc1cn(C(c2ccccc2)(c2ccccc2)c2ccccc2)cn1)C(=O)NC(C)(C)C(=O)NC(CCC(=O)NC(c1ccccc1)(c1ccccc1)c1ccccc1)C(=O)NCC(=O)O. The normalized spacial score (nSPS) is 12.5. The van der Waals surface area contributed by atoms with Crippen LogP contribution in [-0.2, 0) is 46.2 Å². The molecule has 0 radical (unpaired) electrons. The molecule has 6 aromatic carbocycles. The lowest BCUT2D eigenvalue weighted by molar-refractivity contribution is -0.139. The highest BCUT2D eigenvalue weighted by atomic mass is 16.6. The molecule has 386 valence electrons. The summed E-state index contributed by atoms with van der Waals surface area (Å²) in [6, 6.07) is 55.4. The number of amides is 5. The number of carboxylic acid groups (broad SMARTS) is 1. The van der Waals surface area contributed by atoms with E-state index in [9.17, 15) is 33.9 Å². The highest BCUT2D eigenvalue weighted by Gasteiger charge is 2.41. The maximum Gasteiger partial charge on any atom is 0.408 e. The monoisotopic (exact) mass is 1010 g/mol. The standard InChI is InChI=1S/C60H63N7O8/c1-57(2,3)75-56(74)64-50(38-48-40-67(41-62-48)60(45-30-18-9-19-31-45,46-32-20-10-21-33-46)47-34-22-11-23-35-47)54(72)66-58(4,5)55(73)63-49(53(71)61-39-52(69)70)36-37-51(68)65-59(42-24-12-6-13-25-42,43-26-14-7-15-27-43)44-28-16-8-17-29-44/h6-35,40-41,49-50H,36-39H2,1-5H3,(H,61,71)(H,63,73)(H,64,74)(H,65,68)(H,66,72)(H,69,70). The van der Waals surface area contributed by atoms with Crippen molar-refractivity contribution in [2.45, 2.75) is 88.2 Å². The number of aromatic nitrogens is 2. The topological polar surface area (TPSA) is 210 Å². The van der Waals surface area contributed by atoms with Crippen molar-refractivity contribution in [3.63, 3.8) is 0 Å². The van der Waals surface area contributed by atoms with E-state index < -0.39 is 76.5 Å². The van der Waals surface area contributed by atoms with Crippen molar-refractivity contribution in [1.29, 1.82) is 0 Å². The lowest BCUT2D eigenvalue weighted by Gasteiger charge is -2.37. The number of carbonyl (C=O) groups is 6. The Morgan fingerprint density at radius 1 is 0.560 bits per heavy atom. The van der Waals surface area contributed by atoms with E-state index in [1.165, 1.54) is 13.8 Å². The summed E-state index contributed by atoms with van der Waals surface area (Å²) >= 11 is 0. The number of hydrogen-bond acceptors (Lipinski definition) is 8. The van der Waals surface area contributed by atoms with E-state index in [1.807, 2.05) is 193 Å². The van der Waals surface area contributed by atoms with Crippen LogP contribution in [0.15, 0.2) is 195 Å². The summed E-state index contributed by atoms with van der Waals surface area (Å²) < 4.78 is 7.56. The van der Waals surface area contributed by atoms with Gasteiger partial charge in [0.2, 0.25) is 23.6 Å². The molecule has 0 saturated carbocycles. The van der Waals surface area contributed by atoms with Crippen LogP contribution in [0, 0.1) is 0 Å². The van der Waals surface area contributed by atoms with Crippen molar-refractivity contribution in [1.82, 2.24) is 36.1 Å². The fraction of sp³-hybridized carbons (Fsp3) is 0.250. The highest BCUT2D eigenvalue weighted by Crippen LogP contribution is 2.41. The lowest BCUT2D eigenvalue weighted by Crippen LogP contribution is -2.62. The highest BCUT2D eigenvalue weighted by molar-refractivity contribution is 5.96. The van der Waals surface area contributed by atoms with Gasteiger partial charge in [-0.05, 0) is 74.4 Å². The summed E-state index contributed by atoms with van der Waals surface area (Å²) in [5.41, 5.74) is 0.768. The molecule has 15 heteroatoms. The second-order valence-corrected chi connectivity index (χ2v) is 19.7. The lowest BCUT2D eigenvalue weighted by atomic mass is 9.77.